The lowest BCUT2D eigenvalue weighted by Crippen LogP contribution is -2.31. The van der Waals surface area contributed by atoms with Gasteiger partial charge in [0.25, 0.3) is 5.56 Å². The molecule has 1 aromatic heterocycles. The second kappa shape index (κ2) is 4.35. The minimum absolute atomic E-state index is 0.0391. The lowest BCUT2D eigenvalue weighted by molar-refractivity contribution is 0.386. The highest BCUT2D eigenvalue weighted by atomic mass is 16.3. The molecule has 5 heteroatoms. The highest BCUT2D eigenvalue weighted by molar-refractivity contribution is 5.70. The van der Waals surface area contributed by atoms with Crippen molar-refractivity contribution in [3.05, 3.63) is 50.7 Å². The number of hydrogen-bond acceptors (Lipinski definition) is 3. The Balaban J connectivity index is 2.28. The van der Waals surface area contributed by atoms with E-state index >= 15 is 0 Å². The smallest absolute Gasteiger partial charge is 0.331 e. The van der Waals surface area contributed by atoms with Gasteiger partial charge in [0.2, 0.25) is 5.88 Å². The minimum Gasteiger partial charge on any atom is -0.494 e. The molecule has 0 spiro atoms. The number of benzene rings is 1. The maximum Gasteiger partial charge on any atom is 0.331 e. The van der Waals surface area contributed by atoms with E-state index in [2.05, 4.69) is 4.98 Å². The Morgan fingerprint density at radius 3 is 2.48 bits per heavy atom. The molecule has 1 saturated carbocycles. The van der Waals surface area contributed by atoms with E-state index in [1.807, 2.05) is 32.9 Å². The number of aromatic hydroxyl groups is 1. The lowest BCUT2D eigenvalue weighted by atomic mass is 10.0. The zero-order valence-electron chi connectivity index (χ0n) is 12.3. The van der Waals surface area contributed by atoms with Crippen LogP contribution in [-0.2, 0) is 0 Å². The van der Waals surface area contributed by atoms with Crippen LogP contribution in [0.25, 0.3) is 11.1 Å². The average Bonchev–Trinajstić information content (AvgIpc) is 2.99. The topological polar surface area (TPSA) is 75.1 Å². The fraction of sp³-hybridized carbons (Fsp3) is 0.375. The van der Waals surface area contributed by atoms with Crippen molar-refractivity contribution < 1.29 is 5.11 Å². The van der Waals surface area contributed by atoms with Crippen molar-refractivity contribution in [1.82, 2.24) is 9.55 Å². The SMILES string of the molecule is Cc1ccccc1-c1c(O)n(C2CC2(C)C)c(=O)[nH]c1=O. The molecule has 1 aliphatic rings. The van der Waals surface area contributed by atoms with Gasteiger partial charge in [0.15, 0.2) is 0 Å². The molecule has 1 heterocycles. The molecule has 0 aliphatic heterocycles. The van der Waals surface area contributed by atoms with Crippen LogP contribution < -0.4 is 11.2 Å². The third-order valence-corrected chi connectivity index (χ3v) is 4.31. The van der Waals surface area contributed by atoms with Crippen LogP contribution in [0.2, 0.25) is 0 Å². The summed E-state index contributed by atoms with van der Waals surface area (Å²) in [7, 11) is 0. The number of nitrogens with one attached hydrogen (secondary N) is 1. The summed E-state index contributed by atoms with van der Waals surface area (Å²) in [6, 6.07) is 7.23. The molecule has 1 fully saturated rings. The zero-order chi connectivity index (χ0) is 15.4. The summed E-state index contributed by atoms with van der Waals surface area (Å²) in [5.74, 6) is -0.242. The van der Waals surface area contributed by atoms with Gasteiger partial charge in [-0.15, -0.1) is 0 Å². The van der Waals surface area contributed by atoms with E-state index in [1.165, 1.54) is 4.57 Å². The molecule has 5 nitrogen and oxygen atoms in total. The van der Waals surface area contributed by atoms with Gasteiger partial charge >= 0.3 is 5.69 Å². The van der Waals surface area contributed by atoms with Crippen LogP contribution in [0.3, 0.4) is 0 Å². The maximum absolute atomic E-state index is 12.1. The van der Waals surface area contributed by atoms with Crippen LogP contribution in [0, 0.1) is 12.3 Å². The van der Waals surface area contributed by atoms with Gasteiger partial charge in [-0.2, -0.15) is 0 Å². The van der Waals surface area contributed by atoms with Crippen LogP contribution in [0.5, 0.6) is 5.88 Å². The molecule has 0 saturated heterocycles. The molecule has 2 N–H and O–H groups in total. The van der Waals surface area contributed by atoms with Crippen molar-refractivity contribution in [3.8, 4) is 17.0 Å². The number of aromatic nitrogens is 2. The van der Waals surface area contributed by atoms with Crippen molar-refractivity contribution in [3.63, 3.8) is 0 Å². The standard InChI is InChI=1S/C16H18N2O3/c1-9-6-4-5-7-10(9)12-13(19)17-15(21)18(14(12)20)11-8-16(11,2)3/h4-7,11,20H,8H2,1-3H3,(H,17,19,21). The number of rotatable bonds is 2. The van der Waals surface area contributed by atoms with E-state index in [4.69, 9.17) is 0 Å². The molecule has 0 radical (unpaired) electrons. The summed E-state index contributed by atoms with van der Waals surface area (Å²) < 4.78 is 1.31. The van der Waals surface area contributed by atoms with Crippen molar-refractivity contribution >= 4 is 0 Å². The largest absolute Gasteiger partial charge is 0.494 e. The first-order valence-corrected chi connectivity index (χ1v) is 6.97. The highest BCUT2D eigenvalue weighted by Crippen LogP contribution is 2.56. The van der Waals surface area contributed by atoms with Crippen LogP contribution in [-0.4, -0.2) is 14.7 Å². The van der Waals surface area contributed by atoms with Crippen molar-refractivity contribution in [2.45, 2.75) is 33.2 Å². The Morgan fingerprint density at radius 1 is 1.29 bits per heavy atom. The van der Waals surface area contributed by atoms with E-state index in [1.54, 1.807) is 12.1 Å². The molecule has 1 aromatic carbocycles. The van der Waals surface area contributed by atoms with E-state index in [0.717, 1.165) is 12.0 Å². The summed E-state index contributed by atoms with van der Waals surface area (Å²) in [5.41, 5.74) is 0.534. The normalized spacial score (nSPS) is 19.5. The van der Waals surface area contributed by atoms with Gasteiger partial charge in [-0.1, -0.05) is 38.1 Å². The molecule has 2 aromatic rings. The van der Waals surface area contributed by atoms with E-state index in [-0.39, 0.29) is 22.9 Å². The molecule has 1 aliphatic carbocycles. The maximum atomic E-state index is 12.1. The summed E-state index contributed by atoms with van der Waals surface area (Å²) in [6.07, 6.45) is 0.805. The Labute approximate surface area is 121 Å². The van der Waals surface area contributed by atoms with Gasteiger partial charge in [-0.25, -0.2) is 4.79 Å². The van der Waals surface area contributed by atoms with Gasteiger partial charge in [0.05, 0.1) is 0 Å². The molecular formula is C16H18N2O3. The zero-order valence-corrected chi connectivity index (χ0v) is 12.3. The minimum atomic E-state index is -0.554. The van der Waals surface area contributed by atoms with E-state index < -0.39 is 11.2 Å². The Hall–Kier alpha value is -2.30. The van der Waals surface area contributed by atoms with Crippen LogP contribution in [0.15, 0.2) is 33.9 Å². The van der Waals surface area contributed by atoms with Crippen LogP contribution >= 0.6 is 0 Å². The van der Waals surface area contributed by atoms with Crippen molar-refractivity contribution in [1.29, 1.82) is 0 Å². The number of nitrogens with zero attached hydrogens (tertiary/aromatic N) is 1. The summed E-state index contributed by atoms with van der Waals surface area (Å²) >= 11 is 0. The monoisotopic (exact) mass is 286 g/mol. The first-order chi connectivity index (χ1) is 9.83. The predicted octanol–water partition coefficient (Wildman–Crippen LogP) is 2.19. The van der Waals surface area contributed by atoms with Gasteiger partial charge in [0, 0.05) is 6.04 Å². The first kappa shape index (κ1) is 13.7. The van der Waals surface area contributed by atoms with Gasteiger partial charge in [0.1, 0.15) is 5.56 Å². The van der Waals surface area contributed by atoms with Gasteiger partial charge < -0.3 is 5.11 Å². The Morgan fingerprint density at radius 2 is 1.90 bits per heavy atom. The van der Waals surface area contributed by atoms with Crippen LogP contribution in [0.4, 0.5) is 0 Å². The third kappa shape index (κ3) is 2.09. The molecule has 1 atom stereocenters. The Bertz CT molecular complexity index is 830. The van der Waals surface area contributed by atoms with Crippen LogP contribution in [0.1, 0.15) is 31.9 Å². The quantitative estimate of drug-likeness (QED) is 0.888. The summed E-state index contributed by atoms with van der Waals surface area (Å²) in [6.45, 7) is 5.93. The average molecular weight is 286 g/mol. The predicted molar refractivity (Wildman–Crippen MR) is 80.6 cm³/mol. The molecule has 110 valence electrons. The molecule has 0 bridgehead atoms. The van der Waals surface area contributed by atoms with Gasteiger partial charge in [-0.3, -0.25) is 14.3 Å². The fourth-order valence-corrected chi connectivity index (χ4v) is 2.80. The van der Waals surface area contributed by atoms with Crippen molar-refractivity contribution in [2.75, 3.05) is 0 Å². The lowest BCUT2D eigenvalue weighted by Gasteiger charge is -2.14. The Kier molecular flexibility index (Phi) is 2.83. The number of aryl methyl sites for hydroxylation is 1. The first-order valence-electron chi connectivity index (χ1n) is 6.97. The molecule has 0 amide bonds. The second-order valence-corrected chi connectivity index (χ2v) is 6.35. The van der Waals surface area contributed by atoms with E-state index in [9.17, 15) is 14.7 Å². The highest BCUT2D eigenvalue weighted by Gasteiger charge is 2.49. The summed E-state index contributed by atoms with van der Waals surface area (Å²) in [5, 5.41) is 10.5. The molecular weight excluding hydrogens is 268 g/mol. The van der Waals surface area contributed by atoms with Crippen molar-refractivity contribution in [2.24, 2.45) is 5.41 Å². The molecule has 1 unspecified atom stereocenters. The number of hydrogen-bond donors (Lipinski definition) is 2. The fourth-order valence-electron chi connectivity index (χ4n) is 2.80. The number of H-pyrrole nitrogens is 1. The third-order valence-electron chi connectivity index (χ3n) is 4.31. The second-order valence-electron chi connectivity index (χ2n) is 6.35. The summed E-state index contributed by atoms with van der Waals surface area (Å²) in [4.78, 5) is 26.5. The van der Waals surface area contributed by atoms with Gasteiger partial charge in [-0.05, 0) is 29.9 Å². The molecule has 3 rings (SSSR count). The number of aromatic amines is 1. The molecule has 21 heavy (non-hydrogen) atoms. The van der Waals surface area contributed by atoms with E-state index in [0.29, 0.717) is 5.56 Å².